The van der Waals surface area contributed by atoms with E-state index in [1.54, 1.807) is 24.3 Å². The van der Waals surface area contributed by atoms with Crippen LogP contribution in [0.3, 0.4) is 0 Å². The molecule has 19 heavy (non-hydrogen) atoms. The average molecular weight is 260 g/mol. The Morgan fingerprint density at radius 1 is 1.16 bits per heavy atom. The fraction of sp³-hybridized carbons (Fsp3) is 0.467. The Morgan fingerprint density at radius 2 is 1.84 bits per heavy atom. The molecule has 2 atom stereocenters. The zero-order valence-electron chi connectivity index (χ0n) is 11.4. The minimum atomic E-state index is -0.114. The molecule has 0 spiro atoms. The van der Waals surface area contributed by atoms with Crippen molar-refractivity contribution >= 4 is 17.5 Å². The highest BCUT2D eigenvalue weighted by molar-refractivity contribution is 5.95. The number of amides is 2. The molecule has 2 N–H and O–H groups in total. The van der Waals surface area contributed by atoms with E-state index in [1.165, 1.54) is 13.3 Å². The van der Waals surface area contributed by atoms with E-state index in [9.17, 15) is 9.59 Å². The molecule has 2 amide bonds. The Morgan fingerprint density at radius 3 is 2.37 bits per heavy atom. The van der Waals surface area contributed by atoms with E-state index < -0.39 is 0 Å². The van der Waals surface area contributed by atoms with Crippen LogP contribution in [0.25, 0.3) is 0 Å². The van der Waals surface area contributed by atoms with E-state index in [0.717, 1.165) is 12.8 Å². The molecule has 0 aliphatic heterocycles. The second kappa shape index (κ2) is 5.87. The topological polar surface area (TPSA) is 58.2 Å². The van der Waals surface area contributed by atoms with Gasteiger partial charge in [-0.3, -0.25) is 9.59 Å². The lowest BCUT2D eigenvalue weighted by Crippen LogP contribution is -2.32. The van der Waals surface area contributed by atoms with Crippen LogP contribution in [0.2, 0.25) is 0 Å². The highest BCUT2D eigenvalue weighted by atomic mass is 16.2. The number of benzene rings is 1. The van der Waals surface area contributed by atoms with E-state index in [0.29, 0.717) is 23.2 Å². The summed E-state index contributed by atoms with van der Waals surface area (Å²) >= 11 is 0. The van der Waals surface area contributed by atoms with Crippen molar-refractivity contribution in [3.8, 4) is 0 Å². The van der Waals surface area contributed by atoms with Crippen molar-refractivity contribution in [2.45, 2.75) is 39.2 Å². The van der Waals surface area contributed by atoms with Crippen LogP contribution in [0.15, 0.2) is 24.3 Å². The molecule has 102 valence electrons. The first kappa shape index (κ1) is 13.6. The number of carbonyl (C=O) groups excluding carboxylic acids is 2. The monoisotopic (exact) mass is 260 g/mol. The van der Waals surface area contributed by atoms with Gasteiger partial charge in [-0.1, -0.05) is 6.92 Å². The first-order chi connectivity index (χ1) is 9.04. The average Bonchev–Trinajstić information content (AvgIpc) is 2.75. The number of anilines is 1. The molecular weight excluding hydrogens is 240 g/mol. The third kappa shape index (κ3) is 3.81. The highest BCUT2D eigenvalue weighted by Crippen LogP contribution is 2.24. The van der Waals surface area contributed by atoms with Crippen molar-refractivity contribution in [2.24, 2.45) is 5.92 Å². The van der Waals surface area contributed by atoms with Gasteiger partial charge in [0.2, 0.25) is 5.91 Å². The van der Waals surface area contributed by atoms with Crippen LogP contribution in [-0.2, 0) is 4.79 Å². The second-order valence-corrected chi connectivity index (χ2v) is 5.35. The Balaban J connectivity index is 1.94. The van der Waals surface area contributed by atoms with E-state index in [-0.39, 0.29) is 11.8 Å². The van der Waals surface area contributed by atoms with Gasteiger partial charge in [0.05, 0.1) is 0 Å². The minimum absolute atomic E-state index is 0.0338. The maximum absolute atomic E-state index is 12.0. The van der Waals surface area contributed by atoms with Crippen molar-refractivity contribution in [1.29, 1.82) is 0 Å². The van der Waals surface area contributed by atoms with Gasteiger partial charge in [-0.15, -0.1) is 0 Å². The summed E-state index contributed by atoms with van der Waals surface area (Å²) in [5.41, 5.74) is 1.34. The molecule has 1 saturated carbocycles. The maximum Gasteiger partial charge on any atom is 0.251 e. The molecule has 1 aliphatic rings. The van der Waals surface area contributed by atoms with Crippen LogP contribution < -0.4 is 10.6 Å². The van der Waals surface area contributed by atoms with Crippen LogP contribution in [0.1, 0.15) is 43.5 Å². The van der Waals surface area contributed by atoms with Crippen LogP contribution in [0.4, 0.5) is 5.69 Å². The van der Waals surface area contributed by atoms with Gasteiger partial charge in [-0.05, 0) is 49.4 Å². The first-order valence-electron chi connectivity index (χ1n) is 6.73. The smallest absolute Gasteiger partial charge is 0.251 e. The Hall–Kier alpha value is -1.84. The third-order valence-electron chi connectivity index (χ3n) is 3.50. The first-order valence-corrected chi connectivity index (χ1v) is 6.73. The van der Waals surface area contributed by atoms with Gasteiger partial charge in [0.1, 0.15) is 0 Å². The molecule has 1 aromatic carbocycles. The van der Waals surface area contributed by atoms with Gasteiger partial charge in [-0.25, -0.2) is 0 Å². The highest BCUT2D eigenvalue weighted by Gasteiger charge is 2.22. The lowest BCUT2D eigenvalue weighted by atomic mass is 10.1. The number of hydrogen-bond donors (Lipinski definition) is 2. The van der Waals surface area contributed by atoms with Crippen LogP contribution in [0.5, 0.6) is 0 Å². The molecule has 0 heterocycles. The molecule has 1 fully saturated rings. The number of nitrogens with one attached hydrogen (secondary N) is 2. The quantitative estimate of drug-likeness (QED) is 0.877. The minimum Gasteiger partial charge on any atom is -0.349 e. The van der Waals surface area contributed by atoms with E-state index in [2.05, 4.69) is 17.6 Å². The summed E-state index contributed by atoms with van der Waals surface area (Å²) in [5, 5.41) is 5.74. The molecule has 0 bridgehead atoms. The van der Waals surface area contributed by atoms with Gasteiger partial charge in [0.15, 0.2) is 0 Å². The second-order valence-electron chi connectivity index (χ2n) is 5.35. The summed E-state index contributed by atoms with van der Waals surface area (Å²) in [6.45, 7) is 3.68. The summed E-state index contributed by atoms with van der Waals surface area (Å²) in [5.74, 6) is 0.554. The molecule has 0 radical (unpaired) electrons. The predicted molar refractivity (Wildman–Crippen MR) is 75.0 cm³/mol. The van der Waals surface area contributed by atoms with Crippen LogP contribution in [0, 0.1) is 5.92 Å². The van der Waals surface area contributed by atoms with Crippen molar-refractivity contribution in [2.75, 3.05) is 5.32 Å². The van der Waals surface area contributed by atoms with Crippen molar-refractivity contribution < 1.29 is 9.59 Å². The third-order valence-corrected chi connectivity index (χ3v) is 3.50. The van der Waals surface area contributed by atoms with Crippen molar-refractivity contribution in [1.82, 2.24) is 5.32 Å². The number of rotatable bonds is 3. The molecule has 4 nitrogen and oxygen atoms in total. The fourth-order valence-corrected chi connectivity index (χ4v) is 2.52. The summed E-state index contributed by atoms with van der Waals surface area (Å²) < 4.78 is 0. The van der Waals surface area contributed by atoms with Crippen molar-refractivity contribution in [3.63, 3.8) is 0 Å². The van der Waals surface area contributed by atoms with Gasteiger partial charge in [0.25, 0.3) is 5.91 Å². The Bertz CT molecular complexity index is 468. The zero-order chi connectivity index (χ0) is 13.8. The molecule has 2 unspecified atom stereocenters. The van der Waals surface area contributed by atoms with Gasteiger partial charge in [0, 0.05) is 24.2 Å². The molecule has 2 rings (SSSR count). The van der Waals surface area contributed by atoms with Gasteiger partial charge < -0.3 is 10.6 Å². The lowest BCUT2D eigenvalue weighted by Gasteiger charge is -2.12. The summed E-state index contributed by atoms with van der Waals surface area (Å²) in [6, 6.07) is 7.26. The van der Waals surface area contributed by atoms with Gasteiger partial charge in [-0.2, -0.15) is 0 Å². The normalized spacial score (nSPS) is 22.0. The standard InChI is InChI=1S/C15H20N2O2/c1-10-3-6-14(9-10)17-15(19)12-4-7-13(8-5-12)16-11(2)18/h4-5,7-8,10,14H,3,6,9H2,1-2H3,(H,16,18)(H,17,19). The molecular formula is C15H20N2O2. The molecule has 4 heteroatoms. The summed E-state index contributed by atoms with van der Waals surface area (Å²) in [4.78, 5) is 22.9. The van der Waals surface area contributed by atoms with Crippen LogP contribution in [-0.4, -0.2) is 17.9 Å². The Kier molecular flexibility index (Phi) is 4.20. The molecule has 1 aromatic rings. The molecule has 0 aromatic heterocycles. The number of hydrogen-bond acceptors (Lipinski definition) is 2. The number of carbonyl (C=O) groups is 2. The predicted octanol–water partition coefficient (Wildman–Crippen LogP) is 2.56. The van der Waals surface area contributed by atoms with E-state index in [4.69, 9.17) is 0 Å². The Labute approximate surface area is 113 Å². The van der Waals surface area contributed by atoms with E-state index in [1.807, 2.05) is 0 Å². The summed E-state index contributed by atoms with van der Waals surface area (Å²) in [6.07, 6.45) is 3.32. The maximum atomic E-state index is 12.0. The largest absolute Gasteiger partial charge is 0.349 e. The van der Waals surface area contributed by atoms with E-state index >= 15 is 0 Å². The van der Waals surface area contributed by atoms with Crippen LogP contribution >= 0.6 is 0 Å². The fourth-order valence-electron chi connectivity index (χ4n) is 2.52. The zero-order valence-corrected chi connectivity index (χ0v) is 11.4. The molecule has 0 saturated heterocycles. The van der Waals surface area contributed by atoms with Crippen molar-refractivity contribution in [3.05, 3.63) is 29.8 Å². The SMILES string of the molecule is CC(=O)Nc1ccc(C(=O)NC2CCC(C)C2)cc1. The summed E-state index contributed by atoms with van der Waals surface area (Å²) in [7, 11) is 0. The molecule has 1 aliphatic carbocycles. The lowest BCUT2D eigenvalue weighted by molar-refractivity contribution is -0.114. The van der Waals surface area contributed by atoms with Gasteiger partial charge >= 0.3 is 0 Å².